The summed E-state index contributed by atoms with van der Waals surface area (Å²) in [6.45, 7) is 5.13. The van der Waals surface area contributed by atoms with E-state index in [1.807, 2.05) is 34.3 Å². The van der Waals surface area contributed by atoms with Gasteiger partial charge in [-0.05, 0) is 22.9 Å². The molecule has 4 aromatic rings. The maximum absolute atomic E-state index is 5.41. The lowest BCUT2D eigenvalue weighted by Gasteiger charge is -2.33. The molecule has 0 aromatic carbocycles. The molecular weight excluding hydrogens is 396 g/mol. The van der Waals surface area contributed by atoms with Crippen LogP contribution in [0.2, 0.25) is 0 Å². The third kappa shape index (κ3) is 3.90. The molecule has 28 heavy (non-hydrogen) atoms. The molecule has 0 unspecified atom stereocenters. The van der Waals surface area contributed by atoms with E-state index in [1.54, 1.807) is 22.7 Å². The van der Waals surface area contributed by atoms with E-state index in [2.05, 4.69) is 30.1 Å². The van der Waals surface area contributed by atoms with Crippen LogP contribution in [0.1, 0.15) is 11.7 Å². The summed E-state index contributed by atoms with van der Waals surface area (Å²) in [5.41, 5.74) is 0.982. The fourth-order valence-electron chi connectivity index (χ4n) is 3.14. The fraction of sp³-hybridized carbons (Fsp3) is 0.333. The molecule has 0 aliphatic carbocycles. The summed E-state index contributed by atoms with van der Waals surface area (Å²) in [5, 5.41) is 14.2. The van der Waals surface area contributed by atoms with E-state index in [1.165, 1.54) is 0 Å². The molecule has 0 spiro atoms. The van der Waals surface area contributed by atoms with Gasteiger partial charge in [0.15, 0.2) is 5.82 Å². The molecule has 5 heterocycles. The molecule has 1 saturated heterocycles. The third-order valence-corrected chi connectivity index (χ3v) is 6.18. The fourth-order valence-corrected chi connectivity index (χ4v) is 4.42. The van der Waals surface area contributed by atoms with Gasteiger partial charge in [0, 0.05) is 31.6 Å². The number of piperazine rings is 1. The highest BCUT2D eigenvalue weighted by Crippen LogP contribution is 2.22. The van der Waals surface area contributed by atoms with E-state index in [9.17, 15) is 0 Å². The molecule has 5 rings (SSSR count). The Kier molecular flexibility index (Phi) is 5.00. The maximum Gasteiger partial charge on any atom is 0.258 e. The van der Waals surface area contributed by atoms with E-state index in [-0.39, 0.29) is 0 Å². The minimum absolute atomic E-state index is 0.591. The minimum Gasteiger partial charge on any atom is -0.338 e. The van der Waals surface area contributed by atoms with Gasteiger partial charge in [-0.3, -0.25) is 9.80 Å². The molecule has 1 fully saturated rings. The highest BCUT2D eigenvalue weighted by atomic mass is 32.1. The molecule has 0 radical (unpaired) electrons. The standard InChI is InChI=1S/C18H18N6O2S2/c1-2-14(28-8-1)17-20-16(25-22-17)11-24-6-4-23(5-7-24)10-15-19-18(26-21-15)13-3-9-27-12-13/h1-3,8-9,12H,4-7,10-11H2. The molecule has 1 aliphatic rings. The molecule has 144 valence electrons. The molecule has 0 N–H and O–H groups in total. The Bertz CT molecular complexity index is 920. The number of rotatable bonds is 6. The van der Waals surface area contributed by atoms with Gasteiger partial charge < -0.3 is 9.05 Å². The summed E-state index contributed by atoms with van der Waals surface area (Å²) in [6, 6.07) is 5.98. The van der Waals surface area contributed by atoms with Crippen LogP contribution < -0.4 is 0 Å². The SMILES string of the molecule is c1csc(-c2noc(CN3CCN(Cc4noc(-c5ccsc5)n4)CC3)n2)c1. The van der Waals surface area contributed by atoms with Gasteiger partial charge in [0.05, 0.1) is 23.5 Å². The van der Waals surface area contributed by atoms with Gasteiger partial charge in [-0.2, -0.15) is 21.3 Å². The van der Waals surface area contributed by atoms with Gasteiger partial charge in [-0.1, -0.05) is 16.4 Å². The molecule has 0 atom stereocenters. The Balaban J connectivity index is 1.13. The zero-order valence-corrected chi connectivity index (χ0v) is 16.7. The Morgan fingerprint density at radius 2 is 1.79 bits per heavy atom. The van der Waals surface area contributed by atoms with Gasteiger partial charge in [0.2, 0.25) is 11.7 Å². The van der Waals surface area contributed by atoms with Crippen molar-refractivity contribution in [3.63, 3.8) is 0 Å². The summed E-state index contributed by atoms with van der Waals surface area (Å²) in [5.74, 6) is 2.65. The molecule has 8 nitrogen and oxygen atoms in total. The summed E-state index contributed by atoms with van der Waals surface area (Å²) in [6.07, 6.45) is 0. The van der Waals surface area contributed by atoms with E-state index >= 15 is 0 Å². The first-order chi connectivity index (χ1) is 13.8. The molecule has 0 amide bonds. The first-order valence-corrected chi connectivity index (χ1v) is 10.8. The molecule has 4 aromatic heterocycles. The Morgan fingerprint density at radius 3 is 2.54 bits per heavy atom. The van der Waals surface area contributed by atoms with Crippen molar-refractivity contribution in [2.75, 3.05) is 26.2 Å². The van der Waals surface area contributed by atoms with Crippen LogP contribution in [0.15, 0.2) is 43.4 Å². The van der Waals surface area contributed by atoms with Gasteiger partial charge in [-0.15, -0.1) is 11.3 Å². The quantitative estimate of drug-likeness (QED) is 0.475. The number of hydrogen-bond donors (Lipinski definition) is 0. The third-order valence-electron chi connectivity index (χ3n) is 4.63. The minimum atomic E-state index is 0.591. The lowest BCUT2D eigenvalue weighted by molar-refractivity contribution is 0.109. The topological polar surface area (TPSA) is 84.3 Å². The molecule has 1 aliphatic heterocycles. The number of aromatic nitrogens is 4. The predicted octanol–water partition coefficient (Wildman–Crippen LogP) is 3.23. The van der Waals surface area contributed by atoms with Crippen LogP contribution in [0.3, 0.4) is 0 Å². The van der Waals surface area contributed by atoms with Crippen LogP contribution in [0.25, 0.3) is 22.2 Å². The predicted molar refractivity (Wildman–Crippen MR) is 106 cm³/mol. The summed E-state index contributed by atoms with van der Waals surface area (Å²) in [7, 11) is 0. The highest BCUT2D eigenvalue weighted by molar-refractivity contribution is 7.13. The van der Waals surface area contributed by atoms with Gasteiger partial charge in [0.1, 0.15) is 0 Å². The lowest BCUT2D eigenvalue weighted by atomic mass is 10.3. The van der Waals surface area contributed by atoms with Gasteiger partial charge in [0.25, 0.3) is 5.89 Å². The lowest BCUT2D eigenvalue weighted by Crippen LogP contribution is -2.45. The van der Waals surface area contributed by atoms with E-state index in [0.717, 1.165) is 42.4 Å². The average molecular weight is 415 g/mol. The van der Waals surface area contributed by atoms with E-state index in [0.29, 0.717) is 30.7 Å². The van der Waals surface area contributed by atoms with E-state index in [4.69, 9.17) is 9.05 Å². The van der Waals surface area contributed by atoms with Crippen molar-refractivity contribution in [3.05, 3.63) is 46.1 Å². The number of hydrogen-bond acceptors (Lipinski definition) is 10. The number of nitrogens with zero attached hydrogens (tertiary/aromatic N) is 6. The van der Waals surface area contributed by atoms with Crippen molar-refractivity contribution in [3.8, 4) is 22.2 Å². The zero-order chi connectivity index (χ0) is 18.8. The highest BCUT2D eigenvalue weighted by Gasteiger charge is 2.21. The Morgan fingerprint density at radius 1 is 0.929 bits per heavy atom. The van der Waals surface area contributed by atoms with Gasteiger partial charge in [-0.25, -0.2) is 0 Å². The molecule has 0 bridgehead atoms. The molecule has 0 saturated carbocycles. The largest absolute Gasteiger partial charge is 0.338 e. The van der Waals surface area contributed by atoms with Crippen LogP contribution in [-0.2, 0) is 13.1 Å². The van der Waals surface area contributed by atoms with E-state index < -0.39 is 0 Å². The average Bonchev–Trinajstić information content (AvgIpc) is 3.50. The van der Waals surface area contributed by atoms with Crippen molar-refractivity contribution >= 4 is 22.7 Å². The normalized spacial score (nSPS) is 16.0. The van der Waals surface area contributed by atoms with Crippen molar-refractivity contribution < 1.29 is 9.05 Å². The van der Waals surface area contributed by atoms with Crippen LogP contribution in [0.4, 0.5) is 0 Å². The summed E-state index contributed by atoms with van der Waals surface area (Å²) in [4.78, 5) is 14.7. The number of thiophene rings is 2. The Labute approximate surface area is 169 Å². The second-order valence-electron chi connectivity index (χ2n) is 6.57. The van der Waals surface area contributed by atoms with Crippen molar-refractivity contribution in [1.82, 2.24) is 30.1 Å². The van der Waals surface area contributed by atoms with Crippen LogP contribution >= 0.6 is 22.7 Å². The second kappa shape index (κ2) is 7.92. The van der Waals surface area contributed by atoms with Crippen LogP contribution in [-0.4, -0.2) is 56.3 Å². The second-order valence-corrected chi connectivity index (χ2v) is 8.30. The zero-order valence-electron chi connectivity index (χ0n) is 15.0. The van der Waals surface area contributed by atoms with Crippen LogP contribution in [0, 0.1) is 0 Å². The smallest absolute Gasteiger partial charge is 0.258 e. The first-order valence-electron chi connectivity index (χ1n) is 9.00. The first kappa shape index (κ1) is 17.7. The maximum atomic E-state index is 5.41. The monoisotopic (exact) mass is 414 g/mol. The van der Waals surface area contributed by atoms with Crippen molar-refractivity contribution in [2.45, 2.75) is 13.1 Å². The molecular formula is C18H18N6O2S2. The van der Waals surface area contributed by atoms with Gasteiger partial charge >= 0.3 is 0 Å². The van der Waals surface area contributed by atoms with Crippen molar-refractivity contribution in [2.24, 2.45) is 0 Å². The molecule has 10 heteroatoms. The van der Waals surface area contributed by atoms with Crippen LogP contribution in [0.5, 0.6) is 0 Å². The summed E-state index contributed by atoms with van der Waals surface area (Å²) >= 11 is 3.23. The summed E-state index contributed by atoms with van der Waals surface area (Å²) < 4.78 is 10.8. The Hall–Kier alpha value is -2.40. The van der Waals surface area contributed by atoms with Crippen molar-refractivity contribution in [1.29, 1.82) is 0 Å².